The van der Waals surface area contributed by atoms with Crippen LogP contribution in [-0.2, 0) is 0 Å². The zero-order valence-electron chi connectivity index (χ0n) is 17.1. The summed E-state index contributed by atoms with van der Waals surface area (Å²) < 4.78 is 29.7. The van der Waals surface area contributed by atoms with Crippen LogP contribution in [-0.4, -0.2) is 56.4 Å². The average Bonchev–Trinajstić information content (AvgIpc) is 3.49. The Morgan fingerprint density at radius 2 is 2.03 bits per heavy atom. The predicted octanol–water partition coefficient (Wildman–Crippen LogP) is 3.37. The van der Waals surface area contributed by atoms with Gasteiger partial charge in [0.05, 0.1) is 18.3 Å². The van der Waals surface area contributed by atoms with E-state index in [1.807, 2.05) is 4.90 Å². The number of rotatable bonds is 3. The summed E-state index contributed by atoms with van der Waals surface area (Å²) in [5.74, 6) is -0.310. The van der Waals surface area contributed by atoms with Crippen LogP contribution in [0.25, 0.3) is 5.65 Å². The number of likely N-dealkylation sites (tertiary alicyclic amines) is 1. The van der Waals surface area contributed by atoms with Gasteiger partial charge >= 0.3 is 6.03 Å². The number of carbonyl (C=O) groups excluding carboxylic acids is 1. The van der Waals surface area contributed by atoms with Gasteiger partial charge in [-0.1, -0.05) is 0 Å². The molecule has 0 aliphatic carbocycles. The number of fused-ring (bicyclic) bond motifs is 1. The first kappa shape index (κ1) is 22.2. The number of carbonyl (C=O) groups is 1. The third-order valence-electron chi connectivity index (χ3n) is 5.91. The highest BCUT2D eigenvalue weighted by Crippen LogP contribution is 2.37. The van der Waals surface area contributed by atoms with Gasteiger partial charge in [0.1, 0.15) is 23.1 Å². The maximum absolute atomic E-state index is 14.4. The zero-order chi connectivity index (χ0) is 21.5. The van der Waals surface area contributed by atoms with E-state index in [4.69, 9.17) is 0 Å². The number of aliphatic hydroxyl groups is 1. The molecule has 2 aliphatic heterocycles. The molecule has 2 N–H and O–H groups in total. The Labute approximate surface area is 189 Å². The van der Waals surface area contributed by atoms with Gasteiger partial charge in [-0.15, -0.1) is 12.4 Å². The van der Waals surface area contributed by atoms with E-state index < -0.39 is 17.7 Å². The van der Waals surface area contributed by atoms with Crippen molar-refractivity contribution in [2.75, 3.05) is 29.9 Å². The minimum atomic E-state index is -0.505. The standard InChI is InChI=1S/C21H22F2N6O2.ClH/c22-13-3-4-16(23)15(10-13)18-2-1-7-28(18)19-6-9-29-20(26-19)17(11-24-29)25-21(31)27-8-5-14(30)12-27;/h3-4,6,9-11,14,18,30H,1-2,5,7-8,12H2,(H,25,31);1H/t14-,18+;/m0./s1. The van der Waals surface area contributed by atoms with Gasteiger partial charge in [0.15, 0.2) is 5.65 Å². The fourth-order valence-electron chi connectivity index (χ4n) is 4.36. The molecule has 3 aromatic rings. The fraction of sp³-hybridized carbons (Fsp3) is 0.381. The molecule has 170 valence electrons. The smallest absolute Gasteiger partial charge is 0.322 e. The molecule has 2 amide bonds. The molecule has 2 fully saturated rings. The predicted molar refractivity (Wildman–Crippen MR) is 117 cm³/mol. The summed E-state index contributed by atoms with van der Waals surface area (Å²) in [5.41, 5.74) is 1.21. The summed E-state index contributed by atoms with van der Waals surface area (Å²) in [4.78, 5) is 20.7. The number of halogens is 3. The summed E-state index contributed by atoms with van der Waals surface area (Å²) in [7, 11) is 0. The normalized spacial score (nSPS) is 20.6. The minimum absolute atomic E-state index is 0. The Bertz CT molecular complexity index is 1140. The van der Waals surface area contributed by atoms with Crippen molar-refractivity contribution in [2.45, 2.75) is 31.4 Å². The van der Waals surface area contributed by atoms with Crippen molar-refractivity contribution in [3.05, 3.63) is 53.9 Å². The van der Waals surface area contributed by atoms with Crippen LogP contribution in [0, 0.1) is 11.6 Å². The second-order valence-electron chi connectivity index (χ2n) is 7.95. The van der Waals surface area contributed by atoms with Crippen LogP contribution in [0.5, 0.6) is 0 Å². The van der Waals surface area contributed by atoms with Crippen molar-refractivity contribution < 1.29 is 18.7 Å². The third-order valence-corrected chi connectivity index (χ3v) is 5.91. The summed E-state index contributed by atoms with van der Waals surface area (Å²) >= 11 is 0. The van der Waals surface area contributed by atoms with Crippen molar-refractivity contribution >= 4 is 35.6 Å². The minimum Gasteiger partial charge on any atom is -0.391 e. The van der Waals surface area contributed by atoms with Crippen molar-refractivity contribution in [1.82, 2.24) is 19.5 Å². The van der Waals surface area contributed by atoms with Crippen LogP contribution in [0.1, 0.15) is 30.9 Å². The third kappa shape index (κ3) is 4.07. The summed E-state index contributed by atoms with van der Waals surface area (Å²) in [5, 5.41) is 16.7. The van der Waals surface area contributed by atoms with Gasteiger partial charge < -0.3 is 20.2 Å². The molecule has 11 heteroatoms. The first-order chi connectivity index (χ1) is 15.0. The molecule has 2 aliphatic rings. The highest BCUT2D eigenvalue weighted by atomic mass is 35.5. The summed E-state index contributed by atoms with van der Waals surface area (Å²) in [6, 6.07) is 4.64. The lowest BCUT2D eigenvalue weighted by molar-refractivity contribution is 0.176. The lowest BCUT2D eigenvalue weighted by Crippen LogP contribution is -2.33. The van der Waals surface area contributed by atoms with Gasteiger partial charge in [-0.2, -0.15) is 5.10 Å². The monoisotopic (exact) mass is 464 g/mol. The van der Waals surface area contributed by atoms with Crippen LogP contribution in [0.2, 0.25) is 0 Å². The number of amides is 2. The summed E-state index contributed by atoms with van der Waals surface area (Å²) in [6.07, 6.45) is 4.81. The number of nitrogens with zero attached hydrogens (tertiary/aromatic N) is 5. The molecule has 0 radical (unpaired) electrons. The van der Waals surface area contributed by atoms with E-state index in [1.54, 1.807) is 21.7 Å². The number of anilines is 2. The Hall–Kier alpha value is -2.98. The molecule has 2 saturated heterocycles. The number of hydrogen-bond donors (Lipinski definition) is 2. The average molecular weight is 465 g/mol. The molecule has 0 unspecified atom stereocenters. The molecule has 1 aromatic carbocycles. The molecular weight excluding hydrogens is 442 g/mol. The highest BCUT2D eigenvalue weighted by Gasteiger charge is 2.30. The number of β-amino-alcohol motifs (C(OH)–C–C–N with tert-alkyl or cyclic N) is 1. The zero-order valence-corrected chi connectivity index (χ0v) is 17.9. The van der Waals surface area contributed by atoms with E-state index in [1.165, 1.54) is 12.3 Å². The van der Waals surface area contributed by atoms with Gasteiger partial charge in [0.2, 0.25) is 0 Å². The Kier molecular flexibility index (Phi) is 6.16. The van der Waals surface area contributed by atoms with E-state index in [0.29, 0.717) is 55.2 Å². The van der Waals surface area contributed by atoms with Crippen LogP contribution in [0.3, 0.4) is 0 Å². The van der Waals surface area contributed by atoms with E-state index >= 15 is 0 Å². The SMILES string of the molecule is Cl.O=C(Nc1cnn2ccc(N3CCC[C@@H]3c3cc(F)ccc3F)nc12)N1CC[C@H](O)C1. The maximum Gasteiger partial charge on any atom is 0.322 e. The molecular formula is C21H23ClF2N6O2. The van der Waals surface area contributed by atoms with E-state index in [0.717, 1.165) is 18.6 Å². The van der Waals surface area contributed by atoms with Gasteiger partial charge in [0.25, 0.3) is 0 Å². The topological polar surface area (TPSA) is 86.0 Å². The van der Waals surface area contributed by atoms with Crippen LogP contribution >= 0.6 is 12.4 Å². The Morgan fingerprint density at radius 1 is 1.19 bits per heavy atom. The van der Waals surface area contributed by atoms with Crippen LogP contribution in [0.4, 0.5) is 25.1 Å². The van der Waals surface area contributed by atoms with E-state index in [-0.39, 0.29) is 24.5 Å². The van der Waals surface area contributed by atoms with Crippen molar-refractivity contribution in [3.63, 3.8) is 0 Å². The highest BCUT2D eigenvalue weighted by molar-refractivity contribution is 5.93. The summed E-state index contributed by atoms with van der Waals surface area (Å²) in [6.45, 7) is 1.43. The van der Waals surface area contributed by atoms with Crippen LogP contribution in [0.15, 0.2) is 36.7 Å². The Balaban J connectivity index is 0.00000245. The number of aromatic nitrogens is 3. The molecule has 2 atom stereocenters. The first-order valence-electron chi connectivity index (χ1n) is 10.3. The molecule has 0 bridgehead atoms. The van der Waals surface area contributed by atoms with Crippen molar-refractivity contribution in [2.24, 2.45) is 0 Å². The lowest BCUT2D eigenvalue weighted by atomic mass is 10.0. The van der Waals surface area contributed by atoms with Gasteiger partial charge in [-0.3, -0.25) is 0 Å². The lowest BCUT2D eigenvalue weighted by Gasteiger charge is -2.26. The van der Waals surface area contributed by atoms with Crippen molar-refractivity contribution in [1.29, 1.82) is 0 Å². The van der Waals surface area contributed by atoms with Gasteiger partial charge in [-0.05, 0) is 43.5 Å². The van der Waals surface area contributed by atoms with Crippen LogP contribution < -0.4 is 10.2 Å². The molecule has 0 spiro atoms. The van der Waals surface area contributed by atoms with E-state index in [2.05, 4.69) is 15.4 Å². The number of urea groups is 1. The first-order valence-corrected chi connectivity index (χ1v) is 10.3. The second-order valence-corrected chi connectivity index (χ2v) is 7.95. The van der Waals surface area contributed by atoms with Gasteiger partial charge in [-0.25, -0.2) is 23.1 Å². The Morgan fingerprint density at radius 3 is 2.81 bits per heavy atom. The van der Waals surface area contributed by atoms with Gasteiger partial charge in [0, 0.05) is 31.4 Å². The molecule has 32 heavy (non-hydrogen) atoms. The largest absolute Gasteiger partial charge is 0.391 e. The molecule has 2 aromatic heterocycles. The number of nitrogens with one attached hydrogen (secondary N) is 1. The second kappa shape index (κ2) is 8.87. The number of aliphatic hydroxyl groups excluding tert-OH is 1. The number of benzene rings is 1. The quantitative estimate of drug-likeness (QED) is 0.620. The maximum atomic E-state index is 14.4. The fourth-order valence-corrected chi connectivity index (χ4v) is 4.36. The molecule has 4 heterocycles. The molecule has 8 nitrogen and oxygen atoms in total. The van der Waals surface area contributed by atoms with Crippen molar-refractivity contribution in [3.8, 4) is 0 Å². The molecule has 0 saturated carbocycles. The van der Waals surface area contributed by atoms with E-state index in [9.17, 15) is 18.7 Å². The molecule has 5 rings (SSSR count). The number of hydrogen-bond acceptors (Lipinski definition) is 5.